The number of ether oxygens (including phenoxy) is 3. The van der Waals surface area contributed by atoms with Crippen LogP contribution in [0.4, 0.5) is 5.95 Å². The van der Waals surface area contributed by atoms with E-state index >= 15 is 0 Å². The molecule has 0 saturated carbocycles. The Balaban J connectivity index is 1.81. The topological polar surface area (TPSA) is 130 Å². The first-order valence-corrected chi connectivity index (χ1v) is 13.0. The molecule has 13 heteroatoms. The van der Waals surface area contributed by atoms with E-state index in [9.17, 15) is 8.42 Å². The molecule has 4 rings (SSSR count). The van der Waals surface area contributed by atoms with Crippen molar-refractivity contribution in [1.29, 1.82) is 0 Å². The van der Waals surface area contributed by atoms with Gasteiger partial charge in [0.25, 0.3) is 0 Å². The first-order chi connectivity index (χ1) is 17.9. The fourth-order valence-electron chi connectivity index (χ4n) is 3.71. The van der Waals surface area contributed by atoms with E-state index in [0.29, 0.717) is 39.3 Å². The molecule has 11 nitrogen and oxygen atoms in total. The highest BCUT2D eigenvalue weighted by Gasteiger charge is 2.31. The molecule has 0 spiro atoms. The van der Waals surface area contributed by atoms with Crippen molar-refractivity contribution in [1.82, 2.24) is 24.7 Å². The van der Waals surface area contributed by atoms with Gasteiger partial charge in [-0.1, -0.05) is 17.7 Å². The van der Waals surface area contributed by atoms with E-state index in [2.05, 4.69) is 24.9 Å². The maximum absolute atomic E-state index is 13.6. The number of benzene rings is 1. The number of rotatable bonds is 11. The Labute approximate surface area is 219 Å². The lowest BCUT2D eigenvalue weighted by Crippen LogP contribution is -2.34. The van der Waals surface area contributed by atoms with E-state index < -0.39 is 15.3 Å². The Hall–Kier alpha value is -3.74. The van der Waals surface area contributed by atoms with Crippen LogP contribution in [0.5, 0.6) is 11.5 Å². The summed E-state index contributed by atoms with van der Waals surface area (Å²) in [5.41, 5.74) is 1.56. The number of nitrogens with zero attached hydrogens (tertiary/aromatic N) is 5. The van der Waals surface area contributed by atoms with Crippen LogP contribution >= 0.6 is 11.6 Å². The number of anilines is 1. The van der Waals surface area contributed by atoms with Crippen molar-refractivity contribution in [2.45, 2.75) is 11.7 Å². The molecule has 1 N–H and O–H groups in total. The van der Waals surface area contributed by atoms with Crippen molar-refractivity contribution in [3.8, 4) is 28.6 Å². The number of sulfonamides is 1. The molecule has 0 fully saturated rings. The first kappa shape index (κ1) is 26.3. The van der Waals surface area contributed by atoms with Crippen molar-refractivity contribution in [2.75, 3.05) is 32.7 Å². The molecule has 1 atom stereocenters. The van der Waals surface area contributed by atoms with Gasteiger partial charge in [-0.15, -0.1) is 10.2 Å². The summed E-state index contributed by atoms with van der Waals surface area (Å²) in [6.45, 7) is -0.0821. The normalized spacial score (nSPS) is 12.2. The van der Waals surface area contributed by atoms with Gasteiger partial charge in [0, 0.05) is 43.4 Å². The van der Waals surface area contributed by atoms with Crippen LogP contribution < -0.4 is 14.2 Å². The van der Waals surface area contributed by atoms with Crippen molar-refractivity contribution in [3.63, 3.8) is 0 Å². The Morgan fingerprint density at radius 2 is 1.76 bits per heavy atom. The summed E-state index contributed by atoms with van der Waals surface area (Å²) in [5, 5.41) is 7.91. The maximum Gasteiger partial charge on any atom is 0.243 e. The number of hydrogen-bond acceptors (Lipinski definition) is 9. The maximum atomic E-state index is 13.6. The van der Waals surface area contributed by atoms with E-state index in [0.717, 1.165) is 0 Å². The molecule has 194 valence electrons. The predicted octanol–water partition coefficient (Wildman–Crippen LogP) is 3.39. The average Bonchev–Trinajstić information content (AvgIpc) is 3.31. The molecule has 4 aromatic rings. The highest BCUT2D eigenvalue weighted by Crippen LogP contribution is 2.37. The summed E-state index contributed by atoms with van der Waals surface area (Å²) in [6, 6.07) is 12.1. The van der Waals surface area contributed by atoms with Crippen LogP contribution in [-0.4, -0.2) is 66.3 Å². The zero-order chi connectivity index (χ0) is 26.4. The number of aromatic nitrogens is 5. The van der Waals surface area contributed by atoms with Crippen LogP contribution in [0.1, 0.15) is 5.69 Å². The lowest BCUT2D eigenvalue weighted by Gasteiger charge is -2.20. The average molecular weight is 545 g/mol. The summed E-state index contributed by atoms with van der Waals surface area (Å²) in [6.07, 6.45) is 4.77. The van der Waals surface area contributed by atoms with Gasteiger partial charge in [0.1, 0.15) is 22.4 Å². The third kappa shape index (κ3) is 5.82. The van der Waals surface area contributed by atoms with Crippen LogP contribution in [0, 0.1) is 0 Å². The van der Waals surface area contributed by atoms with Gasteiger partial charge in [0.2, 0.25) is 16.0 Å². The van der Waals surface area contributed by atoms with Gasteiger partial charge in [-0.25, -0.2) is 8.42 Å². The summed E-state index contributed by atoms with van der Waals surface area (Å²) >= 11 is 5.92. The largest absolute Gasteiger partial charge is 0.494 e. The van der Waals surface area contributed by atoms with Crippen LogP contribution in [0.3, 0.4) is 0 Å². The number of pyridine rings is 2. The predicted molar refractivity (Wildman–Crippen MR) is 139 cm³/mol. The van der Waals surface area contributed by atoms with Crippen LogP contribution in [-0.2, 0) is 21.2 Å². The lowest BCUT2D eigenvalue weighted by molar-refractivity contribution is 0.196. The molecule has 0 radical (unpaired) electrons. The second kappa shape index (κ2) is 11.5. The molecular formula is C24H25ClN6O5S. The minimum atomic E-state index is -4.05. The number of halogens is 1. The molecule has 0 bridgehead atoms. The zero-order valence-electron chi connectivity index (χ0n) is 20.3. The summed E-state index contributed by atoms with van der Waals surface area (Å²) in [7, 11) is 0.386. The van der Waals surface area contributed by atoms with Crippen LogP contribution in [0.15, 0.2) is 61.1 Å². The Morgan fingerprint density at radius 3 is 2.35 bits per heavy atom. The summed E-state index contributed by atoms with van der Waals surface area (Å²) in [5.74, 6) is 1.11. The first-order valence-electron chi connectivity index (χ1n) is 11.1. The molecule has 0 aliphatic carbocycles. The van der Waals surface area contributed by atoms with Crippen molar-refractivity contribution in [3.05, 3.63) is 71.8 Å². The van der Waals surface area contributed by atoms with Crippen molar-refractivity contribution >= 4 is 27.6 Å². The molecule has 0 amide bonds. The van der Waals surface area contributed by atoms with E-state index in [4.69, 9.17) is 25.8 Å². The van der Waals surface area contributed by atoms with Gasteiger partial charge in [-0.3, -0.25) is 19.3 Å². The quantitative estimate of drug-likeness (QED) is 0.302. The molecule has 0 aliphatic heterocycles. The van der Waals surface area contributed by atoms with Gasteiger partial charge in [-0.05, 0) is 36.4 Å². The smallest absolute Gasteiger partial charge is 0.243 e. The standard InChI is InChI=1S/C24H25ClN6O5S/c1-34-15-19(12-18-10-9-17(25)14-27-18)37(32,33)30-24-29-28-23(16-6-5-11-26-13-16)31(24)22-20(35-2)7-4-8-21(22)36-3/h4-11,13-14,19H,12,15H2,1-3H3,(H,29,30)/t19-/m1/s1. The monoisotopic (exact) mass is 544 g/mol. The zero-order valence-corrected chi connectivity index (χ0v) is 21.9. The van der Waals surface area contributed by atoms with E-state index in [1.54, 1.807) is 54.9 Å². The van der Waals surface area contributed by atoms with Crippen molar-refractivity contribution in [2.24, 2.45) is 0 Å². The van der Waals surface area contributed by atoms with Crippen molar-refractivity contribution < 1.29 is 22.6 Å². The second-order valence-electron chi connectivity index (χ2n) is 7.83. The van der Waals surface area contributed by atoms with Crippen LogP contribution in [0.25, 0.3) is 17.1 Å². The minimum absolute atomic E-state index is 0.0631. The Morgan fingerprint density at radius 1 is 1.00 bits per heavy atom. The number of hydrogen-bond donors (Lipinski definition) is 1. The van der Waals surface area contributed by atoms with E-state index in [1.165, 1.54) is 32.1 Å². The summed E-state index contributed by atoms with van der Waals surface area (Å²) < 4.78 is 47.7. The fraction of sp³-hybridized carbons (Fsp3) is 0.250. The van der Waals surface area contributed by atoms with Gasteiger partial charge < -0.3 is 14.2 Å². The molecule has 37 heavy (non-hydrogen) atoms. The third-order valence-electron chi connectivity index (χ3n) is 5.46. The number of methoxy groups -OCH3 is 3. The summed E-state index contributed by atoms with van der Waals surface area (Å²) in [4.78, 5) is 8.38. The molecule has 0 aliphatic rings. The minimum Gasteiger partial charge on any atom is -0.494 e. The fourth-order valence-corrected chi connectivity index (χ4v) is 5.08. The van der Waals surface area contributed by atoms with Gasteiger partial charge in [0.05, 0.1) is 25.8 Å². The third-order valence-corrected chi connectivity index (χ3v) is 7.33. The van der Waals surface area contributed by atoms with E-state index in [-0.39, 0.29) is 19.0 Å². The SMILES string of the molecule is COC[C@@H](Cc1ccc(Cl)cn1)S(=O)(=O)Nc1nnc(-c2cccnc2)n1-c1c(OC)cccc1OC. The van der Waals surface area contributed by atoms with Gasteiger partial charge in [-0.2, -0.15) is 0 Å². The van der Waals surface area contributed by atoms with Crippen LogP contribution in [0.2, 0.25) is 5.02 Å². The van der Waals surface area contributed by atoms with Gasteiger partial charge >= 0.3 is 0 Å². The van der Waals surface area contributed by atoms with E-state index in [1.807, 2.05) is 0 Å². The highest BCUT2D eigenvalue weighted by atomic mass is 35.5. The molecule has 3 aromatic heterocycles. The van der Waals surface area contributed by atoms with Gasteiger partial charge in [0.15, 0.2) is 5.82 Å². The Bertz CT molecular complexity index is 1430. The number of nitrogens with one attached hydrogen (secondary N) is 1. The molecule has 0 saturated heterocycles. The molecule has 3 heterocycles. The Kier molecular flexibility index (Phi) is 8.21. The number of para-hydroxylation sites is 1. The highest BCUT2D eigenvalue weighted by molar-refractivity contribution is 7.93. The molecule has 0 unspecified atom stereocenters. The molecule has 1 aromatic carbocycles. The second-order valence-corrected chi connectivity index (χ2v) is 10.2. The molecular weight excluding hydrogens is 520 g/mol. The lowest BCUT2D eigenvalue weighted by atomic mass is 10.2.